The van der Waals surface area contributed by atoms with Gasteiger partial charge in [0.1, 0.15) is 0 Å². The number of fused-ring (bicyclic) bond motifs is 3. The molecule has 1 aliphatic heterocycles. The Hall–Kier alpha value is -1.28. The van der Waals surface area contributed by atoms with E-state index < -0.39 is 0 Å². The van der Waals surface area contributed by atoms with Gasteiger partial charge in [0.25, 0.3) is 0 Å². The summed E-state index contributed by atoms with van der Waals surface area (Å²) in [5, 5.41) is 5.34. The van der Waals surface area contributed by atoms with Gasteiger partial charge < -0.3 is 10.3 Å². The highest BCUT2D eigenvalue weighted by atomic mass is 15.0. The van der Waals surface area contributed by atoms with E-state index in [0.717, 1.165) is 24.3 Å². The monoisotopic (exact) mass is 320 g/mol. The van der Waals surface area contributed by atoms with Crippen LogP contribution in [-0.4, -0.2) is 11.5 Å². The lowest BCUT2D eigenvalue weighted by atomic mass is 9.48. The average molecular weight is 320 g/mol. The molecule has 7 rings (SSSR count). The van der Waals surface area contributed by atoms with Crippen LogP contribution in [0.5, 0.6) is 0 Å². The first-order chi connectivity index (χ1) is 11.8. The second-order valence-corrected chi connectivity index (χ2v) is 9.44. The van der Waals surface area contributed by atoms with Crippen LogP contribution in [0.1, 0.15) is 62.2 Å². The van der Waals surface area contributed by atoms with Crippen LogP contribution in [0.15, 0.2) is 24.3 Å². The van der Waals surface area contributed by atoms with Gasteiger partial charge in [-0.15, -0.1) is 0 Å². The van der Waals surface area contributed by atoms with E-state index in [0.29, 0.717) is 11.5 Å². The second-order valence-electron chi connectivity index (χ2n) is 9.44. The lowest BCUT2D eigenvalue weighted by molar-refractivity contribution is -0.0627. The first-order valence-electron chi connectivity index (χ1n) is 10.1. The molecule has 2 aromatic rings. The number of aromatic amines is 1. The molecule has 126 valence electrons. The first kappa shape index (κ1) is 13.9. The quantitative estimate of drug-likeness (QED) is 0.804. The fraction of sp³-hybridized carbons (Fsp3) is 0.636. The first-order valence-corrected chi connectivity index (χ1v) is 10.1. The lowest BCUT2D eigenvalue weighted by Gasteiger charge is -2.58. The van der Waals surface area contributed by atoms with Crippen molar-refractivity contribution in [2.24, 2.45) is 23.2 Å². The third kappa shape index (κ3) is 1.98. The summed E-state index contributed by atoms with van der Waals surface area (Å²) >= 11 is 0. The molecule has 5 aliphatic rings. The molecule has 4 fully saturated rings. The van der Waals surface area contributed by atoms with Gasteiger partial charge in [0.2, 0.25) is 0 Å². The highest BCUT2D eigenvalue weighted by Gasteiger charge is 2.51. The van der Waals surface area contributed by atoms with E-state index in [-0.39, 0.29) is 0 Å². The van der Waals surface area contributed by atoms with Gasteiger partial charge in [0.05, 0.1) is 0 Å². The molecule has 1 aromatic heterocycles. The zero-order valence-electron chi connectivity index (χ0n) is 14.5. The molecule has 4 saturated carbocycles. The summed E-state index contributed by atoms with van der Waals surface area (Å²) in [6.45, 7) is 1.14. The normalized spacial score (nSPS) is 40.2. The molecular weight excluding hydrogens is 292 g/mol. The van der Waals surface area contributed by atoms with E-state index in [1.54, 1.807) is 24.8 Å². The molecule has 2 N–H and O–H groups in total. The number of rotatable bonds is 2. The fourth-order valence-corrected chi connectivity index (χ4v) is 7.41. The van der Waals surface area contributed by atoms with E-state index in [2.05, 4.69) is 34.6 Å². The van der Waals surface area contributed by atoms with Crippen LogP contribution in [0, 0.1) is 23.2 Å². The molecule has 4 aliphatic carbocycles. The number of aromatic nitrogens is 1. The number of para-hydroxylation sites is 1. The van der Waals surface area contributed by atoms with E-state index in [1.807, 2.05) is 0 Å². The third-order valence-electron chi connectivity index (χ3n) is 7.76. The van der Waals surface area contributed by atoms with Crippen molar-refractivity contribution in [3.05, 3.63) is 35.5 Å². The Morgan fingerprint density at radius 3 is 2.42 bits per heavy atom. The summed E-state index contributed by atoms with van der Waals surface area (Å²) in [6.07, 6.45) is 11.8. The zero-order chi connectivity index (χ0) is 15.7. The van der Waals surface area contributed by atoms with Crippen molar-refractivity contribution in [2.75, 3.05) is 6.54 Å². The van der Waals surface area contributed by atoms with Crippen LogP contribution in [0.3, 0.4) is 0 Å². The number of hydrogen-bond donors (Lipinski definition) is 2. The number of hydrogen-bond acceptors (Lipinski definition) is 1. The van der Waals surface area contributed by atoms with Gasteiger partial charge >= 0.3 is 0 Å². The average Bonchev–Trinajstić information content (AvgIpc) is 2.93. The molecule has 0 amide bonds. The molecule has 0 saturated heterocycles. The van der Waals surface area contributed by atoms with Crippen molar-refractivity contribution in [1.82, 2.24) is 10.3 Å². The number of nitrogens with one attached hydrogen (secondary N) is 2. The molecule has 2 heteroatoms. The minimum atomic E-state index is 0.553. The van der Waals surface area contributed by atoms with Gasteiger partial charge in [-0.2, -0.15) is 0 Å². The highest BCUT2D eigenvalue weighted by molar-refractivity contribution is 5.85. The van der Waals surface area contributed by atoms with E-state index >= 15 is 0 Å². The van der Waals surface area contributed by atoms with Crippen molar-refractivity contribution in [1.29, 1.82) is 0 Å². The summed E-state index contributed by atoms with van der Waals surface area (Å²) in [7, 11) is 0. The van der Waals surface area contributed by atoms with Crippen LogP contribution < -0.4 is 5.32 Å². The summed E-state index contributed by atoms with van der Waals surface area (Å²) in [5.74, 6) is 3.17. The van der Waals surface area contributed by atoms with Crippen LogP contribution in [-0.2, 0) is 6.42 Å². The Bertz CT molecular complexity index is 751. The number of H-pyrrole nitrogens is 1. The van der Waals surface area contributed by atoms with Gasteiger partial charge in [-0.05, 0) is 92.7 Å². The fourth-order valence-electron chi connectivity index (χ4n) is 7.41. The van der Waals surface area contributed by atoms with Crippen molar-refractivity contribution < 1.29 is 0 Å². The van der Waals surface area contributed by atoms with Crippen molar-refractivity contribution in [3.8, 4) is 0 Å². The van der Waals surface area contributed by atoms with Crippen molar-refractivity contribution >= 4 is 10.9 Å². The molecule has 2 heterocycles. The minimum Gasteiger partial charge on any atom is -0.357 e. The Balaban J connectivity index is 1.36. The maximum Gasteiger partial charge on any atom is 0.0481 e. The molecule has 1 aromatic carbocycles. The Morgan fingerprint density at radius 1 is 0.958 bits per heavy atom. The van der Waals surface area contributed by atoms with Gasteiger partial charge in [0.15, 0.2) is 0 Å². The van der Waals surface area contributed by atoms with Crippen LogP contribution in [0.2, 0.25) is 0 Å². The van der Waals surface area contributed by atoms with Crippen LogP contribution >= 0.6 is 0 Å². The summed E-state index contributed by atoms with van der Waals surface area (Å²) in [4.78, 5) is 3.79. The standard InChI is InChI=1S/C22H28N2/c1-2-4-19-17(3-1)18-5-6-23-20(21(18)24-19)13-22-10-14-7-15(11-22)9-16(8-14)12-22/h1-4,14-16,20,23-24H,5-13H2/t14?,15?,16?,20-,22?/m1/s1. The molecule has 0 spiro atoms. The smallest absolute Gasteiger partial charge is 0.0481 e. The molecule has 2 nitrogen and oxygen atoms in total. The predicted octanol–water partition coefficient (Wildman–Crippen LogP) is 4.96. The maximum absolute atomic E-state index is 3.88. The van der Waals surface area contributed by atoms with Crippen LogP contribution in [0.25, 0.3) is 10.9 Å². The SMILES string of the molecule is c1ccc2c3c([nH]c2c1)[C@@H](CC12CC4CC(CC(C4)C1)C2)NCC3. The Labute approximate surface area is 144 Å². The van der Waals surface area contributed by atoms with Gasteiger partial charge in [0, 0.05) is 22.6 Å². The molecule has 4 bridgehead atoms. The molecule has 0 radical (unpaired) electrons. The van der Waals surface area contributed by atoms with E-state index in [4.69, 9.17) is 0 Å². The van der Waals surface area contributed by atoms with Crippen molar-refractivity contribution in [3.63, 3.8) is 0 Å². The maximum atomic E-state index is 3.88. The Morgan fingerprint density at radius 2 is 1.67 bits per heavy atom. The van der Waals surface area contributed by atoms with Crippen molar-refractivity contribution in [2.45, 2.75) is 57.4 Å². The number of benzene rings is 1. The lowest BCUT2D eigenvalue weighted by Crippen LogP contribution is -2.48. The second kappa shape index (κ2) is 4.88. The van der Waals surface area contributed by atoms with E-state index in [1.165, 1.54) is 48.7 Å². The summed E-state index contributed by atoms with van der Waals surface area (Å²) < 4.78 is 0. The molecule has 1 atom stereocenters. The summed E-state index contributed by atoms with van der Waals surface area (Å²) in [6, 6.07) is 9.45. The molecule has 0 unspecified atom stereocenters. The topological polar surface area (TPSA) is 27.8 Å². The van der Waals surface area contributed by atoms with Gasteiger partial charge in [-0.1, -0.05) is 18.2 Å². The zero-order valence-corrected chi connectivity index (χ0v) is 14.5. The molecule has 24 heavy (non-hydrogen) atoms. The third-order valence-corrected chi connectivity index (χ3v) is 7.76. The largest absolute Gasteiger partial charge is 0.357 e. The minimum absolute atomic E-state index is 0.553. The Kier molecular flexibility index (Phi) is 2.84. The predicted molar refractivity (Wildman–Crippen MR) is 98.0 cm³/mol. The highest BCUT2D eigenvalue weighted by Crippen LogP contribution is 2.62. The van der Waals surface area contributed by atoms with Gasteiger partial charge in [-0.3, -0.25) is 0 Å². The van der Waals surface area contributed by atoms with Crippen LogP contribution in [0.4, 0.5) is 0 Å². The molecular formula is C22H28N2. The van der Waals surface area contributed by atoms with Gasteiger partial charge in [-0.25, -0.2) is 0 Å². The van der Waals surface area contributed by atoms with E-state index in [9.17, 15) is 0 Å². The summed E-state index contributed by atoms with van der Waals surface area (Å²) in [5.41, 5.74) is 5.09.